The van der Waals surface area contributed by atoms with Crippen LogP contribution in [0.2, 0.25) is 0 Å². The molecule has 0 spiro atoms. The first kappa shape index (κ1) is 23.8. The van der Waals surface area contributed by atoms with Gasteiger partial charge in [-0.25, -0.2) is 0 Å². The third-order valence-corrected chi connectivity index (χ3v) is 6.12. The molecular formula is C24H32N2O3S. The van der Waals surface area contributed by atoms with Gasteiger partial charge in [-0.3, -0.25) is 19.0 Å². The predicted molar refractivity (Wildman–Crippen MR) is 124 cm³/mol. The number of carbonyl (C=O) groups excluding carboxylic acids is 2. The second kappa shape index (κ2) is 9.56. The number of Topliss-reactive ketones (excluding diaryl/α,β-unsaturated/α-hetero) is 1. The summed E-state index contributed by atoms with van der Waals surface area (Å²) < 4.78 is 2.47. The summed E-state index contributed by atoms with van der Waals surface area (Å²) in [5.41, 5.74) is 2.33. The first-order valence-electron chi connectivity index (χ1n) is 10.3. The SMILES string of the molecule is CCN(CC)C(=O)Cn1c(=O)/c(=C\c2cc(C)ccc2C)s/c1=C\C(=O)C(C)(C)C. The molecule has 30 heavy (non-hydrogen) atoms. The highest BCUT2D eigenvalue weighted by Gasteiger charge is 2.20. The van der Waals surface area contributed by atoms with Crippen LogP contribution in [0.1, 0.15) is 51.3 Å². The van der Waals surface area contributed by atoms with Gasteiger partial charge in [-0.15, -0.1) is 11.3 Å². The first-order chi connectivity index (χ1) is 14.0. The maximum Gasteiger partial charge on any atom is 0.269 e. The van der Waals surface area contributed by atoms with E-state index in [1.807, 2.05) is 72.7 Å². The molecule has 0 aliphatic rings. The van der Waals surface area contributed by atoms with Gasteiger partial charge in [0.25, 0.3) is 5.56 Å². The summed E-state index contributed by atoms with van der Waals surface area (Å²) in [6.07, 6.45) is 3.36. The Labute approximate surface area is 182 Å². The molecule has 0 radical (unpaired) electrons. The van der Waals surface area contributed by atoms with E-state index in [0.29, 0.717) is 22.3 Å². The molecule has 1 heterocycles. The molecule has 6 heteroatoms. The lowest BCUT2D eigenvalue weighted by Crippen LogP contribution is -2.40. The Balaban J connectivity index is 2.70. The van der Waals surface area contributed by atoms with Crippen molar-refractivity contribution in [3.05, 3.63) is 54.4 Å². The minimum atomic E-state index is -0.565. The van der Waals surface area contributed by atoms with E-state index >= 15 is 0 Å². The zero-order valence-electron chi connectivity index (χ0n) is 19.0. The molecule has 0 atom stereocenters. The summed E-state index contributed by atoms with van der Waals surface area (Å²) in [5, 5.41) is 0. The van der Waals surface area contributed by atoms with Crippen molar-refractivity contribution in [2.45, 2.75) is 55.0 Å². The summed E-state index contributed by atoms with van der Waals surface area (Å²) in [6.45, 7) is 14.4. The van der Waals surface area contributed by atoms with E-state index in [0.717, 1.165) is 16.7 Å². The predicted octanol–water partition coefficient (Wildman–Crippen LogP) is 2.62. The van der Waals surface area contributed by atoms with Crippen LogP contribution in [0.25, 0.3) is 12.2 Å². The highest BCUT2D eigenvalue weighted by Crippen LogP contribution is 2.15. The molecule has 0 fully saturated rings. The number of benzene rings is 1. The van der Waals surface area contributed by atoms with Crippen LogP contribution in [-0.2, 0) is 16.1 Å². The van der Waals surface area contributed by atoms with Gasteiger partial charge in [0.05, 0.1) is 4.53 Å². The zero-order valence-corrected chi connectivity index (χ0v) is 19.9. The molecule has 0 unspecified atom stereocenters. The second-order valence-electron chi connectivity index (χ2n) is 8.52. The molecule has 0 bridgehead atoms. The number of nitrogens with zero attached hydrogens (tertiary/aromatic N) is 2. The van der Waals surface area contributed by atoms with E-state index in [1.165, 1.54) is 22.0 Å². The fourth-order valence-corrected chi connectivity index (χ4v) is 4.02. The van der Waals surface area contributed by atoms with Crippen LogP contribution in [0.5, 0.6) is 0 Å². The van der Waals surface area contributed by atoms with Gasteiger partial charge in [0.2, 0.25) is 5.91 Å². The van der Waals surface area contributed by atoms with Crippen LogP contribution in [-0.4, -0.2) is 34.2 Å². The van der Waals surface area contributed by atoms with Gasteiger partial charge in [0.1, 0.15) is 11.2 Å². The second-order valence-corrected chi connectivity index (χ2v) is 9.59. The average Bonchev–Trinajstić information content (AvgIpc) is 2.93. The average molecular weight is 429 g/mol. The number of carbonyl (C=O) groups is 2. The molecule has 0 aliphatic carbocycles. The summed E-state index contributed by atoms with van der Waals surface area (Å²) in [7, 11) is 0. The standard InChI is InChI=1S/C24H32N2O3S/c1-8-25(9-2)21(28)15-26-22(14-20(27)24(5,6)7)30-19(23(26)29)13-18-12-16(3)10-11-17(18)4/h10-14H,8-9,15H2,1-7H3/b19-13+,22-14-. The van der Waals surface area contributed by atoms with Crippen molar-refractivity contribution in [1.82, 2.24) is 9.47 Å². The summed E-state index contributed by atoms with van der Waals surface area (Å²) in [4.78, 5) is 40.2. The van der Waals surface area contributed by atoms with Gasteiger partial charge in [0.15, 0.2) is 5.78 Å². The quantitative estimate of drug-likeness (QED) is 0.711. The van der Waals surface area contributed by atoms with Crippen LogP contribution in [0.3, 0.4) is 0 Å². The molecule has 0 saturated heterocycles. The number of aromatic nitrogens is 1. The van der Waals surface area contributed by atoms with Crippen molar-refractivity contribution in [3.63, 3.8) is 0 Å². The number of thiazole rings is 1. The van der Waals surface area contributed by atoms with Crippen LogP contribution in [0.15, 0.2) is 23.0 Å². The van der Waals surface area contributed by atoms with E-state index in [4.69, 9.17) is 0 Å². The highest BCUT2D eigenvalue weighted by atomic mass is 32.1. The topological polar surface area (TPSA) is 59.4 Å². The number of amides is 1. The lowest BCUT2D eigenvalue weighted by molar-refractivity contribution is -0.131. The van der Waals surface area contributed by atoms with Gasteiger partial charge in [-0.05, 0) is 44.9 Å². The molecular weight excluding hydrogens is 396 g/mol. The molecule has 1 aromatic heterocycles. The molecule has 0 aliphatic heterocycles. The van der Waals surface area contributed by atoms with Gasteiger partial charge in [0, 0.05) is 24.6 Å². The molecule has 1 aromatic carbocycles. The van der Waals surface area contributed by atoms with Crippen molar-refractivity contribution in [2.75, 3.05) is 13.1 Å². The van der Waals surface area contributed by atoms with E-state index in [2.05, 4.69) is 0 Å². The largest absolute Gasteiger partial charge is 0.342 e. The van der Waals surface area contributed by atoms with Gasteiger partial charge in [-0.2, -0.15) is 0 Å². The van der Waals surface area contributed by atoms with E-state index in [9.17, 15) is 14.4 Å². The normalized spacial score (nSPS) is 13.0. The van der Waals surface area contributed by atoms with E-state index < -0.39 is 5.41 Å². The first-order valence-corrected chi connectivity index (χ1v) is 11.1. The number of hydrogen-bond acceptors (Lipinski definition) is 4. The third kappa shape index (κ3) is 5.57. The molecule has 0 saturated carbocycles. The van der Waals surface area contributed by atoms with Crippen LogP contribution < -0.4 is 14.8 Å². The molecule has 5 nitrogen and oxygen atoms in total. The Kier molecular flexibility index (Phi) is 7.59. The monoisotopic (exact) mass is 428 g/mol. The number of rotatable bonds is 6. The fourth-order valence-electron chi connectivity index (χ4n) is 2.99. The Morgan fingerprint density at radius 1 is 1.13 bits per heavy atom. The minimum absolute atomic E-state index is 0.0685. The highest BCUT2D eigenvalue weighted by molar-refractivity contribution is 7.07. The summed E-state index contributed by atoms with van der Waals surface area (Å²) in [6, 6.07) is 6.08. The summed E-state index contributed by atoms with van der Waals surface area (Å²) >= 11 is 1.26. The lowest BCUT2D eigenvalue weighted by Gasteiger charge is -2.18. The Morgan fingerprint density at radius 2 is 1.77 bits per heavy atom. The zero-order chi connectivity index (χ0) is 22.6. The number of ketones is 1. The van der Waals surface area contributed by atoms with E-state index in [-0.39, 0.29) is 23.8 Å². The Bertz CT molecular complexity index is 1110. The van der Waals surface area contributed by atoms with Crippen LogP contribution in [0, 0.1) is 19.3 Å². The number of hydrogen-bond donors (Lipinski definition) is 0. The number of aryl methyl sites for hydroxylation is 2. The Hall–Kier alpha value is -2.47. The smallest absolute Gasteiger partial charge is 0.269 e. The lowest BCUT2D eigenvalue weighted by atomic mass is 9.91. The van der Waals surface area contributed by atoms with Crippen molar-refractivity contribution in [1.29, 1.82) is 0 Å². The van der Waals surface area contributed by atoms with Crippen molar-refractivity contribution >= 4 is 35.2 Å². The fraction of sp³-hybridized carbons (Fsp3) is 0.458. The van der Waals surface area contributed by atoms with Crippen LogP contribution in [0.4, 0.5) is 0 Å². The van der Waals surface area contributed by atoms with E-state index in [1.54, 1.807) is 4.90 Å². The van der Waals surface area contributed by atoms with Gasteiger partial charge < -0.3 is 4.90 Å². The van der Waals surface area contributed by atoms with Crippen molar-refractivity contribution < 1.29 is 9.59 Å². The van der Waals surface area contributed by atoms with Crippen molar-refractivity contribution in [3.8, 4) is 0 Å². The Morgan fingerprint density at radius 3 is 2.33 bits per heavy atom. The molecule has 2 rings (SSSR count). The molecule has 162 valence electrons. The maximum absolute atomic E-state index is 13.2. The molecule has 1 amide bonds. The van der Waals surface area contributed by atoms with Crippen molar-refractivity contribution in [2.24, 2.45) is 5.41 Å². The maximum atomic E-state index is 13.2. The third-order valence-electron chi connectivity index (χ3n) is 5.06. The summed E-state index contributed by atoms with van der Waals surface area (Å²) in [5.74, 6) is -0.206. The number of likely N-dealkylation sites (N-methyl/N-ethyl adjacent to an activating group) is 1. The molecule has 2 aromatic rings. The minimum Gasteiger partial charge on any atom is -0.342 e. The molecule has 0 N–H and O–H groups in total. The van der Waals surface area contributed by atoms with Crippen LogP contribution >= 0.6 is 11.3 Å². The van der Waals surface area contributed by atoms with Gasteiger partial charge >= 0.3 is 0 Å². The van der Waals surface area contributed by atoms with Gasteiger partial charge in [-0.1, -0.05) is 44.5 Å².